The molecule has 1 aromatic rings. The Balaban J connectivity index is 2.94. The second-order valence-corrected chi connectivity index (χ2v) is 3.31. The van der Waals surface area contributed by atoms with Gasteiger partial charge in [-0.3, -0.25) is 0 Å². The largest absolute Gasteiger partial charge is 0.478 e. The molecule has 88 valence electrons. The summed E-state index contributed by atoms with van der Waals surface area (Å²) in [6, 6.07) is 4.22. The number of carbonyl (C=O) groups is 2. The highest BCUT2D eigenvalue weighted by atomic mass is 16.4. The van der Waals surface area contributed by atoms with Gasteiger partial charge in [0.15, 0.2) is 0 Å². The van der Waals surface area contributed by atoms with Crippen molar-refractivity contribution in [1.29, 1.82) is 0 Å². The summed E-state index contributed by atoms with van der Waals surface area (Å²) >= 11 is 0. The van der Waals surface area contributed by atoms with Gasteiger partial charge in [0, 0.05) is 0 Å². The number of hydrogen-bond acceptors (Lipinski definition) is 2. The molecule has 0 aliphatic rings. The molecule has 0 saturated carbocycles. The van der Waals surface area contributed by atoms with Gasteiger partial charge in [-0.15, -0.1) is 6.42 Å². The van der Waals surface area contributed by atoms with Crippen LogP contribution >= 0.6 is 0 Å². The number of urea groups is 1. The lowest BCUT2D eigenvalue weighted by Gasteiger charge is -2.11. The summed E-state index contributed by atoms with van der Waals surface area (Å²) in [5, 5.41) is 13.8. The van der Waals surface area contributed by atoms with Crippen LogP contribution in [0.4, 0.5) is 10.5 Å². The van der Waals surface area contributed by atoms with E-state index in [-0.39, 0.29) is 17.8 Å². The normalized spacial score (nSPS) is 9.18. The predicted octanol–water partition coefficient (Wildman–Crippen LogP) is 1.45. The highest BCUT2D eigenvalue weighted by Crippen LogP contribution is 2.20. The van der Waals surface area contributed by atoms with Gasteiger partial charge in [-0.2, -0.15) is 0 Å². The summed E-state index contributed by atoms with van der Waals surface area (Å²) in [5.41, 5.74) is 0.983. The number of amides is 2. The summed E-state index contributed by atoms with van der Waals surface area (Å²) in [7, 11) is 0. The van der Waals surface area contributed by atoms with Crippen molar-refractivity contribution in [3.63, 3.8) is 0 Å². The minimum atomic E-state index is -1.10. The minimum absolute atomic E-state index is 0.0425. The van der Waals surface area contributed by atoms with Crippen LogP contribution in [0.15, 0.2) is 18.2 Å². The maximum Gasteiger partial charge on any atom is 0.337 e. The molecule has 5 nitrogen and oxygen atoms in total. The van der Waals surface area contributed by atoms with E-state index in [2.05, 4.69) is 16.6 Å². The number of aryl methyl sites for hydroxylation is 1. The van der Waals surface area contributed by atoms with Crippen molar-refractivity contribution in [1.82, 2.24) is 5.32 Å². The first-order valence-electron chi connectivity index (χ1n) is 4.87. The van der Waals surface area contributed by atoms with Gasteiger partial charge >= 0.3 is 12.0 Å². The quantitative estimate of drug-likeness (QED) is 0.690. The first kappa shape index (κ1) is 12.6. The zero-order valence-electron chi connectivity index (χ0n) is 9.28. The molecular weight excluding hydrogens is 220 g/mol. The Bertz CT molecular complexity index is 489. The molecule has 0 radical (unpaired) electrons. The Morgan fingerprint density at radius 1 is 1.47 bits per heavy atom. The van der Waals surface area contributed by atoms with Crippen LogP contribution in [0.2, 0.25) is 0 Å². The molecule has 0 bridgehead atoms. The fourth-order valence-electron chi connectivity index (χ4n) is 1.30. The van der Waals surface area contributed by atoms with E-state index < -0.39 is 12.0 Å². The number of aromatic carboxylic acids is 1. The predicted molar refractivity (Wildman–Crippen MR) is 64.0 cm³/mol. The van der Waals surface area contributed by atoms with Gasteiger partial charge in [0.05, 0.1) is 17.8 Å². The van der Waals surface area contributed by atoms with Gasteiger partial charge in [-0.05, 0) is 18.6 Å². The number of hydrogen-bond donors (Lipinski definition) is 3. The smallest absolute Gasteiger partial charge is 0.337 e. The van der Waals surface area contributed by atoms with E-state index in [4.69, 9.17) is 11.5 Å². The van der Waals surface area contributed by atoms with E-state index in [0.717, 1.165) is 0 Å². The highest BCUT2D eigenvalue weighted by molar-refractivity contribution is 6.01. The maximum absolute atomic E-state index is 11.4. The van der Waals surface area contributed by atoms with Crippen molar-refractivity contribution in [3.8, 4) is 12.3 Å². The molecule has 0 aliphatic heterocycles. The average molecular weight is 232 g/mol. The topological polar surface area (TPSA) is 78.4 Å². The first-order chi connectivity index (χ1) is 8.06. The van der Waals surface area contributed by atoms with E-state index in [1.165, 1.54) is 6.07 Å². The fraction of sp³-hybridized carbons (Fsp3) is 0.167. The molecule has 0 atom stereocenters. The van der Waals surface area contributed by atoms with Crippen molar-refractivity contribution in [2.24, 2.45) is 0 Å². The molecule has 1 aromatic carbocycles. The van der Waals surface area contributed by atoms with Crippen LogP contribution in [0.25, 0.3) is 0 Å². The molecule has 2 amide bonds. The molecule has 0 heterocycles. The Hall–Kier alpha value is -2.48. The van der Waals surface area contributed by atoms with E-state index >= 15 is 0 Å². The zero-order valence-corrected chi connectivity index (χ0v) is 9.28. The Morgan fingerprint density at radius 3 is 2.76 bits per heavy atom. The van der Waals surface area contributed by atoms with Gasteiger partial charge in [-0.25, -0.2) is 9.59 Å². The third kappa shape index (κ3) is 3.24. The molecule has 0 aliphatic carbocycles. The number of para-hydroxylation sites is 1. The van der Waals surface area contributed by atoms with Crippen molar-refractivity contribution < 1.29 is 14.7 Å². The lowest BCUT2D eigenvalue weighted by atomic mass is 10.1. The molecule has 0 aromatic heterocycles. The Labute approximate surface area is 98.8 Å². The first-order valence-corrected chi connectivity index (χ1v) is 4.87. The second kappa shape index (κ2) is 5.56. The fourth-order valence-corrected chi connectivity index (χ4v) is 1.30. The van der Waals surface area contributed by atoms with Gasteiger partial charge in [0.2, 0.25) is 0 Å². The SMILES string of the molecule is C#CCNC(=O)Nc1c(C)cccc1C(=O)O. The monoisotopic (exact) mass is 232 g/mol. The molecule has 3 N–H and O–H groups in total. The summed E-state index contributed by atoms with van der Waals surface area (Å²) < 4.78 is 0. The lowest BCUT2D eigenvalue weighted by Crippen LogP contribution is -2.29. The number of terminal acetylenes is 1. The number of rotatable bonds is 3. The van der Waals surface area contributed by atoms with Crippen LogP contribution < -0.4 is 10.6 Å². The van der Waals surface area contributed by atoms with Gasteiger partial charge < -0.3 is 15.7 Å². The number of nitrogens with one attached hydrogen (secondary N) is 2. The molecule has 5 heteroatoms. The van der Waals surface area contributed by atoms with Crippen LogP contribution in [-0.4, -0.2) is 23.7 Å². The van der Waals surface area contributed by atoms with Crippen LogP contribution in [0.3, 0.4) is 0 Å². The van der Waals surface area contributed by atoms with Crippen LogP contribution in [0.1, 0.15) is 15.9 Å². The Kier molecular flexibility index (Phi) is 4.12. The van der Waals surface area contributed by atoms with Crippen molar-refractivity contribution in [2.75, 3.05) is 11.9 Å². The minimum Gasteiger partial charge on any atom is -0.478 e. The van der Waals surface area contributed by atoms with E-state index in [9.17, 15) is 9.59 Å². The number of carboxylic acids is 1. The summed E-state index contributed by atoms with van der Waals surface area (Å²) in [4.78, 5) is 22.4. The molecule has 0 spiro atoms. The van der Waals surface area contributed by atoms with E-state index in [1.54, 1.807) is 19.1 Å². The van der Waals surface area contributed by atoms with Crippen molar-refractivity contribution in [2.45, 2.75) is 6.92 Å². The van der Waals surface area contributed by atoms with Gasteiger partial charge in [-0.1, -0.05) is 18.1 Å². The molecule has 0 fully saturated rings. The number of benzene rings is 1. The van der Waals surface area contributed by atoms with Crippen LogP contribution in [-0.2, 0) is 0 Å². The third-order valence-electron chi connectivity index (χ3n) is 2.09. The number of carbonyl (C=O) groups excluding carboxylic acids is 1. The molecule has 0 saturated heterocycles. The Morgan fingerprint density at radius 2 is 2.18 bits per heavy atom. The van der Waals surface area contributed by atoms with E-state index in [0.29, 0.717) is 5.56 Å². The summed E-state index contributed by atoms with van der Waals surface area (Å²) in [6.07, 6.45) is 4.99. The maximum atomic E-state index is 11.4. The number of carboxylic acid groups (broad SMARTS) is 1. The van der Waals surface area contributed by atoms with Crippen LogP contribution in [0.5, 0.6) is 0 Å². The van der Waals surface area contributed by atoms with Crippen molar-refractivity contribution in [3.05, 3.63) is 29.3 Å². The standard InChI is InChI=1S/C12H12N2O3/c1-3-7-13-12(17)14-10-8(2)5-4-6-9(10)11(15)16/h1,4-6H,7H2,2H3,(H,15,16)(H2,13,14,17). The van der Waals surface area contributed by atoms with Crippen molar-refractivity contribution >= 4 is 17.7 Å². The van der Waals surface area contributed by atoms with Gasteiger partial charge in [0.25, 0.3) is 0 Å². The molecule has 0 unspecified atom stereocenters. The molecule has 1 rings (SSSR count). The summed E-state index contributed by atoms with van der Waals surface area (Å²) in [5.74, 6) is 1.15. The second-order valence-electron chi connectivity index (χ2n) is 3.31. The number of anilines is 1. The molecule has 17 heavy (non-hydrogen) atoms. The zero-order chi connectivity index (χ0) is 12.8. The average Bonchev–Trinajstić information content (AvgIpc) is 2.28. The van der Waals surface area contributed by atoms with E-state index in [1.807, 2.05) is 0 Å². The summed E-state index contributed by atoms with van der Waals surface area (Å²) in [6.45, 7) is 1.79. The van der Waals surface area contributed by atoms with Gasteiger partial charge in [0.1, 0.15) is 0 Å². The third-order valence-corrected chi connectivity index (χ3v) is 2.09. The molecular formula is C12H12N2O3. The van der Waals surface area contributed by atoms with Crippen LogP contribution in [0, 0.1) is 19.3 Å². The lowest BCUT2D eigenvalue weighted by molar-refractivity contribution is 0.0698. The highest BCUT2D eigenvalue weighted by Gasteiger charge is 2.13.